The van der Waals surface area contributed by atoms with Crippen LogP contribution in [0.3, 0.4) is 0 Å². The van der Waals surface area contributed by atoms with Crippen LogP contribution in [-0.2, 0) is 16.2 Å². The Morgan fingerprint density at radius 1 is 0.293 bits per heavy atom. The lowest BCUT2D eigenvalue weighted by atomic mass is 9.43. The normalized spacial score (nSPS) is 23.3. The van der Waals surface area contributed by atoms with Gasteiger partial charge >= 0.3 is 0 Å². The summed E-state index contributed by atoms with van der Waals surface area (Å²) in [4.78, 5) is 2.45. The van der Waals surface area contributed by atoms with Gasteiger partial charge in [0.25, 0.3) is 0 Å². The third-order valence-corrected chi connectivity index (χ3v) is 19.7. The fourth-order valence-corrected chi connectivity index (χ4v) is 16.8. The molecule has 2 spiro atoms. The molecule has 4 fully saturated rings. The molecule has 1 heteroatoms. The van der Waals surface area contributed by atoms with Crippen LogP contribution in [-0.4, -0.2) is 0 Å². The number of anilines is 3. The van der Waals surface area contributed by atoms with Gasteiger partial charge in [0, 0.05) is 27.9 Å². The molecule has 4 bridgehead atoms. The van der Waals surface area contributed by atoms with Crippen molar-refractivity contribution in [2.45, 2.75) is 62.2 Å². The fraction of sp³-hybridized carbons (Fsp3) is 0.189. The van der Waals surface area contributed by atoms with Gasteiger partial charge in [-0.15, -0.1) is 0 Å². The Hall–Kier alpha value is -8.00. The molecule has 1 atom stereocenters. The molecule has 1 unspecified atom stereocenters. The minimum absolute atomic E-state index is 0.175. The van der Waals surface area contributed by atoms with Gasteiger partial charge in [-0.05, 0) is 204 Å². The number of rotatable bonds is 6. The first-order valence-corrected chi connectivity index (χ1v) is 27.7. The van der Waals surface area contributed by atoms with E-state index < -0.39 is 5.41 Å². The molecule has 0 saturated heterocycles. The van der Waals surface area contributed by atoms with Gasteiger partial charge in [0.05, 0.1) is 5.41 Å². The molecule has 0 aromatic heterocycles. The summed E-state index contributed by atoms with van der Waals surface area (Å²) >= 11 is 0. The second-order valence-corrected chi connectivity index (χ2v) is 23.6. The molecule has 0 radical (unpaired) electrons. The highest BCUT2D eigenvalue weighted by atomic mass is 15.1. The van der Waals surface area contributed by atoms with Gasteiger partial charge in [-0.25, -0.2) is 0 Å². The molecule has 10 aromatic rings. The van der Waals surface area contributed by atoms with Crippen molar-refractivity contribution >= 4 is 17.1 Å². The minimum Gasteiger partial charge on any atom is -0.310 e. The number of hydrogen-bond donors (Lipinski definition) is 0. The lowest BCUT2D eigenvalue weighted by Gasteiger charge is -2.61. The Kier molecular flexibility index (Phi) is 9.26. The quantitative estimate of drug-likeness (QED) is 0.161. The standard InChI is InChI=1S/C74H59N/c1-72(2)66-23-13-14-24-67(66)74(68-38-32-54(45-71(68)72)49-15-5-3-6-16-49)65-22-12-10-20-61(65)63-37-35-59(46-70(63)74)75(57-17-7-4-8-18-57)58-33-29-51(30-34-58)50-25-27-52(28-26-50)53-31-36-62-60-19-9-11-21-64(60)73(69(62)44-53)55-40-47-39-48(42-55)43-56(73)41-47/h3-38,44-48,55-56H,39-43H2,1-2H3. The predicted octanol–water partition coefficient (Wildman–Crippen LogP) is 18.9. The van der Waals surface area contributed by atoms with E-state index in [0.29, 0.717) is 0 Å². The highest BCUT2D eigenvalue weighted by Crippen LogP contribution is 2.70. The van der Waals surface area contributed by atoms with Crippen LogP contribution in [0.15, 0.2) is 237 Å². The van der Waals surface area contributed by atoms with E-state index in [2.05, 4.69) is 255 Å². The van der Waals surface area contributed by atoms with Crippen LogP contribution in [0.4, 0.5) is 17.1 Å². The van der Waals surface area contributed by atoms with Gasteiger partial charge in [-0.1, -0.05) is 202 Å². The van der Waals surface area contributed by atoms with E-state index >= 15 is 0 Å². The molecule has 0 heterocycles. The van der Waals surface area contributed by atoms with E-state index in [0.717, 1.165) is 40.7 Å². The fourth-order valence-electron chi connectivity index (χ4n) is 16.8. The summed E-state index contributed by atoms with van der Waals surface area (Å²) in [6, 6.07) is 90.4. The number of benzene rings is 10. The van der Waals surface area contributed by atoms with Gasteiger partial charge in [-0.2, -0.15) is 0 Å². The molecule has 7 aliphatic carbocycles. The van der Waals surface area contributed by atoms with Crippen LogP contribution < -0.4 is 4.90 Å². The first kappa shape index (κ1) is 43.4. The molecule has 10 aromatic carbocycles. The van der Waals surface area contributed by atoms with Crippen LogP contribution in [0.25, 0.3) is 55.6 Å². The molecule has 0 N–H and O–H groups in total. The molecule has 1 nitrogen and oxygen atoms in total. The molecule has 17 rings (SSSR count). The lowest BCUT2D eigenvalue weighted by molar-refractivity contribution is -0.0399. The molecule has 4 saturated carbocycles. The molecule has 7 aliphatic rings. The van der Waals surface area contributed by atoms with Gasteiger partial charge in [0.15, 0.2) is 0 Å². The second-order valence-electron chi connectivity index (χ2n) is 23.6. The topological polar surface area (TPSA) is 3.24 Å². The average molecular weight is 962 g/mol. The zero-order chi connectivity index (χ0) is 49.6. The number of nitrogens with zero attached hydrogens (tertiary/aromatic N) is 1. The van der Waals surface area contributed by atoms with Crippen molar-refractivity contribution < 1.29 is 0 Å². The van der Waals surface area contributed by atoms with Crippen molar-refractivity contribution in [3.8, 4) is 55.6 Å². The molecular weight excluding hydrogens is 903 g/mol. The first-order chi connectivity index (χ1) is 36.9. The smallest absolute Gasteiger partial charge is 0.0720 e. The summed E-state index contributed by atoms with van der Waals surface area (Å²) in [6.45, 7) is 4.84. The van der Waals surface area contributed by atoms with Crippen molar-refractivity contribution in [3.05, 3.63) is 281 Å². The van der Waals surface area contributed by atoms with Crippen molar-refractivity contribution in [2.24, 2.45) is 23.7 Å². The maximum Gasteiger partial charge on any atom is 0.0720 e. The molecule has 360 valence electrons. The zero-order valence-corrected chi connectivity index (χ0v) is 42.8. The van der Waals surface area contributed by atoms with E-state index in [-0.39, 0.29) is 10.8 Å². The Balaban J connectivity index is 0.777. The van der Waals surface area contributed by atoms with E-state index in [1.165, 1.54) is 121 Å². The van der Waals surface area contributed by atoms with Gasteiger partial charge in [0.2, 0.25) is 0 Å². The third-order valence-electron chi connectivity index (χ3n) is 19.7. The van der Waals surface area contributed by atoms with Crippen molar-refractivity contribution in [3.63, 3.8) is 0 Å². The monoisotopic (exact) mass is 961 g/mol. The largest absolute Gasteiger partial charge is 0.310 e. The number of hydrogen-bond acceptors (Lipinski definition) is 1. The van der Waals surface area contributed by atoms with E-state index in [1.807, 2.05) is 0 Å². The maximum atomic E-state index is 2.62. The Morgan fingerprint density at radius 2 is 0.720 bits per heavy atom. The summed E-state index contributed by atoms with van der Waals surface area (Å²) in [5, 5.41) is 0. The van der Waals surface area contributed by atoms with Gasteiger partial charge in [-0.3, -0.25) is 0 Å². The first-order valence-electron chi connectivity index (χ1n) is 27.7. The van der Waals surface area contributed by atoms with Crippen LogP contribution in [0, 0.1) is 23.7 Å². The minimum atomic E-state index is -0.516. The molecule has 0 aliphatic heterocycles. The summed E-state index contributed by atoms with van der Waals surface area (Å²) in [5.74, 6) is 3.40. The summed E-state index contributed by atoms with van der Waals surface area (Å²) in [7, 11) is 0. The molecule has 75 heavy (non-hydrogen) atoms. The van der Waals surface area contributed by atoms with Gasteiger partial charge < -0.3 is 4.90 Å². The summed E-state index contributed by atoms with van der Waals surface area (Å²) < 4.78 is 0. The summed E-state index contributed by atoms with van der Waals surface area (Å²) in [5.41, 5.74) is 27.4. The number of para-hydroxylation sites is 1. The second kappa shape index (κ2) is 16.0. The van der Waals surface area contributed by atoms with Crippen LogP contribution in [0.1, 0.15) is 90.5 Å². The van der Waals surface area contributed by atoms with Gasteiger partial charge in [0.1, 0.15) is 0 Å². The Morgan fingerprint density at radius 3 is 1.40 bits per heavy atom. The maximum absolute atomic E-state index is 2.62. The lowest BCUT2D eigenvalue weighted by Crippen LogP contribution is -2.55. The van der Waals surface area contributed by atoms with Crippen molar-refractivity contribution in [1.29, 1.82) is 0 Å². The Labute approximate surface area is 442 Å². The van der Waals surface area contributed by atoms with Crippen LogP contribution in [0.5, 0.6) is 0 Å². The van der Waals surface area contributed by atoms with Crippen LogP contribution in [0.2, 0.25) is 0 Å². The summed E-state index contributed by atoms with van der Waals surface area (Å²) in [6.07, 6.45) is 7.10. The third kappa shape index (κ3) is 6.01. The number of fused-ring (bicyclic) bond motifs is 12. The van der Waals surface area contributed by atoms with E-state index in [9.17, 15) is 0 Å². The van der Waals surface area contributed by atoms with E-state index in [1.54, 1.807) is 11.1 Å². The molecular formula is C74H59N. The van der Waals surface area contributed by atoms with Crippen LogP contribution >= 0.6 is 0 Å². The molecule has 0 amide bonds. The Bertz CT molecular complexity index is 3890. The van der Waals surface area contributed by atoms with Crippen molar-refractivity contribution in [1.82, 2.24) is 0 Å². The highest BCUT2D eigenvalue weighted by Gasteiger charge is 2.61. The average Bonchev–Trinajstić information content (AvgIpc) is 4.17. The highest BCUT2D eigenvalue weighted by molar-refractivity contribution is 5.92. The predicted molar refractivity (Wildman–Crippen MR) is 310 cm³/mol. The SMILES string of the molecule is CC1(C)c2ccccc2C2(c3ccccc3-c3ccc(N(c4ccccc4)c4ccc(-c5ccc(-c6ccc7c(c6)C6(c8ccccc8-7)C7CC8CC(C7)CC6C8)cc5)cc4)cc32)c2ccc(-c3ccccc3)cc21. The van der Waals surface area contributed by atoms with Crippen molar-refractivity contribution in [2.75, 3.05) is 4.90 Å². The zero-order valence-electron chi connectivity index (χ0n) is 42.8. The van der Waals surface area contributed by atoms with E-state index in [4.69, 9.17) is 0 Å².